The Labute approximate surface area is 155 Å². The molecule has 1 aliphatic rings. The first-order valence-electron chi connectivity index (χ1n) is 8.22. The summed E-state index contributed by atoms with van der Waals surface area (Å²) in [4.78, 5) is 40.6. The Morgan fingerprint density at radius 1 is 0.731 bits per heavy atom. The second-order valence-corrected chi connectivity index (χ2v) is 7.50. The van der Waals surface area contributed by atoms with Crippen LogP contribution in [0.4, 0.5) is 0 Å². The molecule has 10 heteroatoms. The van der Waals surface area contributed by atoms with Crippen LogP contribution in [0.25, 0.3) is 0 Å². The van der Waals surface area contributed by atoms with Crippen LogP contribution in [0.5, 0.6) is 0 Å². The van der Waals surface area contributed by atoms with Crippen LogP contribution in [0.1, 0.15) is 9.75 Å². The first-order chi connectivity index (χ1) is 12.3. The van der Waals surface area contributed by atoms with Crippen LogP contribution in [0.2, 0.25) is 0 Å². The summed E-state index contributed by atoms with van der Waals surface area (Å²) in [5, 5.41) is 27.3. The van der Waals surface area contributed by atoms with E-state index >= 15 is 0 Å². The number of carboxylic acids is 3. The lowest BCUT2D eigenvalue weighted by molar-refractivity contribution is -0.140. The summed E-state index contributed by atoms with van der Waals surface area (Å²) in [6, 6.07) is 3.86. The average molecular weight is 385 g/mol. The Bertz CT molecular complexity index is 605. The van der Waals surface area contributed by atoms with Crippen molar-refractivity contribution in [1.82, 2.24) is 14.7 Å². The standard InChI is InChI=1S/C16H23N3O6S/c20-14(21)9-17-3-5-18(10-15(22)23)7-12-1-2-13(26-12)8-19(6-4-17)11-16(24)25/h1-2H,3-11H2,(H,20,21)(H,22,23)(H,24,25). The summed E-state index contributed by atoms with van der Waals surface area (Å²) in [6.07, 6.45) is 0. The Hall–Kier alpha value is -2.01. The van der Waals surface area contributed by atoms with Crippen LogP contribution in [-0.4, -0.2) is 93.7 Å². The Balaban J connectivity index is 2.18. The number of carbonyl (C=O) groups is 3. The topological polar surface area (TPSA) is 122 Å². The summed E-state index contributed by atoms with van der Waals surface area (Å²) in [7, 11) is 0. The minimum Gasteiger partial charge on any atom is -0.480 e. The number of rotatable bonds is 6. The van der Waals surface area contributed by atoms with Gasteiger partial charge in [0.15, 0.2) is 0 Å². The van der Waals surface area contributed by atoms with Crippen LogP contribution in [0.15, 0.2) is 12.1 Å². The molecule has 0 atom stereocenters. The molecule has 0 radical (unpaired) electrons. The number of aliphatic carboxylic acids is 3. The second kappa shape index (κ2) is 9.62. The number of fused-ring (bicyclic) bond motifs is 2. The maximum absolute atomic E-state index is 11.1. The quantitative estimate of drug-likeness (QED) is 0.617. The fourth-order valence-electron chi connectivity index (χ4n) is 2.87. The van der Waals surface area contributed by atoms with Crippen LogP contribution in [0.3, 0.4) is 0 Å². The summed E-state index contributed by atoms with van der Waals surface area (Å²) in [6.45, 7) is 2.20. The van der Waals surface area contributed by atoms with Crippen molar-refractivity contribution in [3.05, 3.63) is 21.9 Å². The van der Waals surface area contributed by atoms with E-state index in [4.69, 9.17) is 15.3 Å². The van der Waals surface area contributed by atoms with Crippen LogP contribution in [0, 0.1) is 0 Å². The minimum absolute atomic E-state index is 0.112. The maximum atomic E-state index is 11.1. The fraction of sp³-hybridized carbons (Fsp3) is 0.562. The lowest BCUT2D eigenvalue weighted by Crippen LogP contribution is -2.43. The normalized spacial score (nSPS) is 18.0. The van der Waals surface area contributed by atoms with Crippen molar-refractivity contribution in [3.8, 4) is 0 Å². The predicted molar refractivity (Wildman–Crippen MR) is 94.2 cm³/mol. The molecule has 2 heterocycles. The van der Waals surface area contributed by atoms with Gasteiger partial charge in [-0.15, -0.1) is 11.3 Å². The van der Waals surface area contributed by atoms with E-state index in [2.05, 4.69) is 0 Å². The molecule has 1 aliphatic heterocycles. The zero-order valence-corrected chi connectivity index (χ0v) is 15.2. The van der Waals surface area contributed by atoms with Crippen molar-refractivity contribution >= 4 is 29.2 Å². The van der Waals surface area contributed by atoms with E-state index < -0.39 is 17.9 Å². The van der Waals surface area contributed by atoms with E-state index in [9.17, 15) is 14.4 Å². The van der Waals surface area contributed by atoms with Crippen LogP contribution < -0.4 is 0 Å². The molecule has 3 N–H and O–H groups in total. The van der Waals surface area contributed by atoms with Crippen molar-refractivity contribution in [2.75, 3.05) is 45.8 Å². The highest BCUT2D eigenvalue weighted by Crippen LogP contribution is 2.20. The molecular formula is C16H23N3O6S. The fourth-order valence-corrected chi connectivity index (χ4v) is 3.97. The number of hydrogen-bond donors (Lipinski definition) is 3. The van der Waals surface area contributed by atoms with Crippen molar-refractivity contribution in [2.45, 2.75) is 13.1 Å². The molecule has 0 spiro atoms. The van der Waals surface area contributed by atoms with Gasteiger partial charge in [-0.25, -0.2) is 0 Å². The Morgan fingerprint density at radius 3 is 1.46 bits per heavy atom. The molecule has 0 unspecified atom stereocenters. The molecule has 0 aliphatic carbocycles. The molecule has 0 saturated heterocycles. The zero-order valence-electron chi connectivity index (χ0n) is 14.3. The van der Waals surface area contributed by atoms with Gasteiger partial charge in [-0.05, 0) is 12.1 Å². The second-order valence-electron chi connectivity index (χ2n) is 6.25. The van der Waals surface area contributed by atoms with Gasteiger partial charge >= 0.3 is 17.9 Å². The average Bonchev–Trinajstić information content (AvgIpc) is 2.94. The van der Waals surface area contributed by atoms with Gasteiger partial charge in [-0.2, -0.15) is 0 Å². The molecule has 0 aromatic carbocycles. The molecule has 0 saturated carbocycles. The van der Waals surface area contributed by atoms with E-state index in [0.29, 0.717) is 39.3 Å². The molecule has 2 bridgehead atoms. The van der Waals surface area contributed by atoms with Gasteiger partial charge in [0.2, 0.25) is 0 Å². The summed E-state index contributed by atoms with van der Waals surface area (Å²) >= 11 is 1.54. The third-order valence-corrected chi connectivity index (χ3v) is 5.07. The SMILES string of the molecule is O=C(O)CN1CCN(CC(=O)O)Cc2ccc(s2)CN(CC(=O)O)CC1. The van der Waals surface area contributed by atoms with Gasteiger partial charge in [0.1, 0.15) is 0 Å². The lowest BCUT2D eigenvalue weighted by atomic mass is 10.3. The predicted octanol–water partition coefficient (Wildman–Crippen LogP) is -0.0785. The van der Waals surface area contributed by atoms with Crippen molar-refractivity contribution in [1.29, 1.82) is 0 Å². The number of nitrogens with zero attached hydrogens (tertiary/aromatic N) is 3. The summed E-state index contributed by atoms with van der Waals surface area (Å²) in [5.74, 6) is -2.81. The zero-order chi connectivity index (χ0) is 19.1. The summed E-state index contributed by atoms with van der Waals surface area (Å²) in [5.41, 5.74) is 0. The number of carboxylic acid groups (broad SMARTS) is 3. The monoisotopic (exact) mass is 385 g/mol. The number of hydrogen-bond acceptors (Lipinski definition) is 7. The molecule has 0 fully saturated rings. The maximum Gasteiger partial charge on any atom is 0.317 e. The van der Waals surface area contributed by atoms with Gasteiger partial charge in [0, 0.05) is 49.0 Å². The Morgan fingerprint density at radius 2 is 1.08 bits per heavy atom. The van der Waals surface area contributed by atoms with Gasteiger partial charge in [0.25, 0.3) is 0 Å². The third-order valence-electron chi connectivity index (χ3n) is 4.02. The van der Waals surface area contributed by atoms with Crippen molar-refractivity contribution < 1.29 is 29.7 Å². The molecule has 1 aromatic heterocycles. The van der Waals surface area contributed by atoms with Crippen LogP contribution >= 0.6 is 11.3 Å². The first kappa shape index (κ1) is 20.3. The molecule has 9 nitrogen and oxygen atoms in total. The summed E-state index contributed by atoms with van der Waals surface area (Å²) < 4.78 is 0. The molecular weight excluding hydrogens is 362 g/mol. The van der Waals surface area contributed by atoms with E-state index in [0.717, 1.165) is 9.75 Å². The molecule has 144 valence electrons. The molecule has 0 amide bonds. The highest BCUT2D eigenvalue weighted by Gasteiger charge is 2.19. The van der Waals surface area contributed by atoms with Crippen molar-refractivity contribution in [2.24, 2.45) is 0 Å². The van der Waals surface area contributed by atoms with Gasteiger partial charge < -0.3 is 15.3 Å². The van der Waals surface area contributed by atoms with Gasteiger partial charge in [-0.3, -0.25) is 29.1 Å². The van der Waals surface area contributed by atoms with E-state index in [1.807, 2.05) is 12.1 Å². The lowest BCUT2D eigenvalue weighted by Gasteiger charge is -2.28. The third kappa shape index (κ3) is 7.08. The largest absolute Gasteiger partial charge is 0.480 e. The van der Waals surface area contributed by atoms with Crippen molar-refractivity contribution in [3.63, 3.8) is 0 Å². The smallest absolute Gasteiger partial charge is 0.317 e. The van der Waals surface area contributed by atoms with Gasteiger partial charge in [0.05, 0.1) is 19.6 Å². The Kier molecular flexibility index (Phi) is 7.51. The van der Waals surface area contributed by atoms with Crippen LogP contribution in [-0.2, 0) is 27.5 Å². The first-order valence-corrected chi connectivity index (χ1v) is 9.03. The number of thiophene rings is 1. The van der Waals surface area contributed by atoms with E-state index in [-0.39, 0.29) is 19.6 Å². The molecule has 1 aromatic rings. The molecule has 2 rings (SSSR count). The highest BCUT2D eigenvalue weighted by atomic mass is 32.1. The molecule has 26 heavy (non-hydrogen) atoms. The van der Waals surface area contributed by atoms with Gasteiger partial charge in [-0.1, -0.05) is 0 Å². The van der Waals surface area contributed by atoms with E-state index in [1.165, 1.54) is 0 Å². The minimum atomic E-state index is -0.965. The highest BCUT2D eigenvalue weighted by molar-refractivity contribution is 7.11. The van der Waals surface area contributed by atoms with E-state index in [1.54, 1.807) is 26.0 Å².